The van der Waals surface area contributed by atoms with Crippen LogP contribution in [0.5, 0.6) is 5.75 Å². The summed E-state index contributed by atoms with van der Waals surface area (Å²) in [6, 6.07) is 12.2. The molecule has 0 aliphatic carbocycles. The lowest BCUT2D eigenvalue weighted by Gasteiger charge is -2.26. The lowest BCUT2D eigenvalue weighted by molar-refractivity contribution is -0.119. The molecule has 0 unspecified atom stereocenters. The number of carbonyl (C=O) groups excluding carboxylic acids is 2. The highest BCUT2D eigenvalue weighted by molar-refractivity contribution is 5.96. The van der Waals surface area contributed by atoms with Gasteiger partial charge in [-0.3, -0.25) is 9.69 Å². The predicted octanol–water partition coefficient (Wildman–Crippen LogP) is 2.33. The molecule has 0 atom stereocenters. The second kappa shape index (κ2) is 9.34. The molecule has 3 rings (SSSR count). The Morgan fingerprint density at radius 1 is 1.14 bits per heavy atom. The van der Waals surface area contributed by atoms with E-state index in [4.69, 9.17) is 9.47 Å². The Morgan fingerprint density at radius 2 is 1.86 bits per heavy atom. The first-order chi connectivity index (χ1) is 13.5. The number of nitrogens with zero attached hydrogens (tertiary/aromatic N) is 1. The third-order valence-corrected chi connectivity index (χ3v) is 4.46. The number of nitrogens with one attached hydrogen (secondary N) is 1. The van der Waals surface area contributed by atoms with Crippen LogP contribution in [-0.2, 0) is 20.8 Å². The Kier molecular flexibility index (Phi) is 6.62. The number of benzene rings is 2. The standard InChI is InChI=1S/C21H24N2O5/c1-15-2-7-18(19(24)12-15)21(26)28-14-20(25)22-17-5-3-16(4-6-17)13-23-8-10-27-11-9-23/h2-7,12,24H,8-11,13-14H2,1H3,(H,22,25). The molecule has 2 aromatic rings. The molecule has 7 heteroatoms. The summed E-state index contributed by atoms with van der Waals surface area (Å²) in [6.45, 7) is 5.56. The molecule has 0 saturated carbocycles. The van der Waals surface area contributed by atoms with Crippen LogP contribution in [0.15, 0.2) is 42.5 Å². The van der Waals surface area contributed by atoms with Crippen molar-refractivity contribution in [1.29, 1.82) is 0 Å². The molecule has 1 aliphatic heterocycles. The summed E-state index contributed by atoms with van der Waals surface area (Å²) >= 11 is 0. The quantitative estimate of drug-likeness (QED) is 0.744. The van der Waals surface area contributed by atoms with E-state index in [0.29, 0.717) is 5.69 Å². The molecule has 1 fully saturated rings. The second-order valence-corrected chi connectivity index (χ2v) is 6.73. The summed E-state index contributed by atoms with van der Waals surface area (Å²) in [4.78, 5) is 26.3. The number of aromatic hydroxyl groups is 1. The average molecular weight is 384 g/mol. The third kappa shape index (κ3) is 5.55. The van der Waals surface area contributed by atoms with E-state index >= 15 is 0 Å². The zero-order chi connectivity index (χ0) is 19.9. The predicted molar refractivity (Wildman–Crippen MR) is 104 cm³/mol. The van der Waals surface area contributed by atoms with Gasteiger partial charge in [0.05, 0.1) is 13.2 Å². The van der Waals surface area contributed by atoms with Crippen molar-refractivity contribution < 1.29 is 24.2 Å². The number of morpholine rings is 1. The smallest absolute Gasteiger partial charge is 0.342 e. The molecule has 1 saturated heterocycles. The fourth-order valence-electron chi connectivity index (χ4n) is 2.93. The highest BCUT2D eigenvalue weighted by atomic mass is 16.5. The Bertz CT molecular complexity index is 829. The van der Waals surface area contributed by atoms with Crippen molar-refractivity contribution >= 4 is 17.6 Å². The topological polar surface area (TPSA) is 88.1 Å². The SMILES string of the molecule is Cc1ccc(C(=O)OCC(=O)Nc2ccc(CN3CCOCC3)cc2)c(O)c1. The molecule has 0 aromatic heterocycles. The van der Waals surface area contributed by atoms with Gasteiger partial charge in [-0.1, -0.05) is 18.2 Å². The number of aryl methyl sites for hydroxylation is 1. The van der Waals surface area contributed by atoms with E-state index in [0.717, 1.165) is 44.0 Å². The number of rotatable bonds is 6. The summed E-state index contributed by atoms with van der Waals surface area (Å²) in [5.41, 5.74) is 2.64. The summed E-state index contributed by atoms with van der Waals surface area (Å²) < 4.78 is 10.3. The highest BCUT2D eigenvalue weighted by Crippen LogP contribution is 2.19. The Hall–Kier alpha value is -2.90. The normalized spacial score (nSPS) is 14.5. The summed E-state index contributed by atoms with van der Waals surface area (Å²) in [6.07, 6.45) is 0. The van der Waals surface area contributed by atoms with Gasteiger partial charge in [-0.05, 0) is 42.3 Å². The van der Waals surface area contributed by atoms with Crippen LogP contribution in [0.3, 0.4) is 0 Å². The zero-order valence-electron chi connectivity index (χ0n) is 15.8. The van der Waals surface area contributed by atoms with E-state index in [1.165, 1.54) is 12.1 Å². The molecular weight excluding hydrogens is 360 g/mol. The van der Waals surface area contributed by atoms with Gasteiger partial charge in [0.1, 0.15) is 11.3 Å². The number of hydrogen-bond donors (Lipinski definition) is 2. The summed E-state index contributed by atoms with van der Waals surface area (Å²) in [5, 5.41) is 12.5. The maximum atomic E-state index is 12.0. The lowest BCUT2D eigenvalue weighted by Crippen LogP contribution is -2.35. The number of phenols is 1. The highest BCUT2D eigenvalue weighted by Gasteiger charge is 2.15. The first kappa shape index (κ1) is 19.9. The molecule has 2 N–H and O–H groups in total. The zero-order valence-corrected chi connectivity index (χ0v) is 15.8. The third-order valence-electron chi connectivity index (χ3n) is 4.46. The van der Waals surface area contributed by atoms with Gasteiger partial charge in [0.2, 0.25) is 0 Å². The van der Waals surface area contributed by atoms with Crippen LogP contribution in [0.1, 0.15) is 21.5 Å². The van der Waals surface area contributed by atoms with Gasteiger partial charge < -0.3 is 19.9 Å². The Labute approximate surface area is 163 Å². The molecule has 1 amide bonds. The van der Waals surface area contributed by atoms with Crippen LogP contribution in [0.25, 0.3) is 0 Å². The van der Waals surface area contributed by atoms with E-state index in [-0.39, 0.29) is 11.3 Å². The fourth-order valence-corrected chi connectivity index (χ4v) is 2.93. The number of anilines is 1. The number of esters is 1. The van der Waals surface area contributed by atoms with Gasteiger partial charge in [-0.15, -0.1) is 0 Å². The molecule has 0 radical (unpaired) electrons. The molecule has 2 aromatic carbocycles. The van der Waals surface area contributed by atoms with E-state index in [2.05, 4.69) is 10.2 Å². The van der Waals surface area contributed by atoms with Gasteiger partial charge in [0.15, 0.2) is 6.61 Å². The molecule has 148 valence electrons. The first-order valence-corrected chi connectivity index (χ1v) is 9.17. The monoisotopic (exact) mass is 384 g/mol. The molecule has 0 bridgehead atoms. The molecule has 1 aliphatic rings. The van der Waals surface area contributed by atoms with E-state index in [1.54, 1.807) is 13.0 Å². The largest absolute Gasteiger partial charge is 0.507 e. The maximum absolute atomic E-state index is 12.0. The van der Waals surface area contributed by atoms with Crippen LogP contribution in [0.4, 0.5) is 5.69 Å². The van der Waals surface area contributed by atoms with Gasteiger partial charge >= 0.3 is 5.97 Å². The number of hydrogen-bond acceptors (Lipinski definition) is 6. The maximum Gasteiger partial charge on any atom is 0.342 e. The van der Waals surface area contributed by atoms with Crippen molar-refractivity contribution in [2.24, 2.45) is 0 Å². The average Bonchev–Trinajstić information content (AvgIpc) is 2.68. The Morgan fingerprint density at radius 3 is 2.54 bits per heavy atom. The number of phenolic OH excluding ortho intramolecular Hbond substituents is 1. The van der Waals surface area contributed by atoms with Crippen LogP contribution in [0, 0.1) is 6.92 Å². The Balaban J connectivity index is 1.47. The minimum Gasteiger partial charge on any atom is -0.507 e. The van der Waals surface area contributed by atoms with Crippen LogP contribution >= 0.6 is 0 Å². The van der Waals surface area contributed by atoms with E-state index in [9.17, 15) is 14.7 Å². The van der Waals surface area contributed by atoms with Crippen LogP contribution < -0.4 is 5.32 Å². The minimum atomic E-state index is -0.742. The molecule has 7 nitrogen and oxygen atoms in total. The van der Waals surface area contributed by atoms with Crippen molar-refractivity contribution in [2.75, 3.05) is 38.2 Å². The summed E-state index contributed by atoms with van der Waals surface area (Å²) in [5.74, 6) is -1.35. The lowest BCUT2D eigenvalue weighted by atomic mass is 10.1. The molecule has 0 spiro atoms. The van der Waals surface area contributed by atoms with Crippen molar-refractivity contribution in [2.45, 2.75) is 13.5 Å². The molecular formula is C21H24N2O5. The number of ether oxygens (including phenoxy) is 2. The van der Waals surface area contributed by atoms with E-state index in [1.807, 2.05) is 24.3 Å². The summed E-state index contributed by atoms with van der Waals surface area (Å²) in [7, 11) is 0. The fraction of sp³-hybridized carbons (Fsp3) is 0.333. The van der Waals surface area contributed by atoms with Crippen LogP contribution in [0.2, 0.25) is 0 Å². The second-order valence-electron chi connectivity index (χ2n) is 6.73. The minimum absolute atomic E-state index is 0.0332. The number of carbonyl (C=O) groups is 2. The molecule has 28 heavy (non-hydrogen) atoms. The van der Waals surface area contributed by atoms with E-state index < -0.39 is 18.5 Å². The molecule has 1 heterocycles. The van der Waals surface area contributed by atoms with Crippen molar-refractivity contribution in [1.82, 2.24) is 4.90 Å². The van der Waals surface area contributed by atoms with Crippen molar-refractivity contribution in [3.05, 3.63) is 59.2 Å². The van der Waals surface area contributed by atoms with Crippen LogP contribution in [-0.4, -0.2) is 54.8 Å². The first-order valence-electron chi connectivity index (χ1n) is 9.17. The van der Waals surface area contributed by atoms with Gasteiger partial charge in [-0.25, -0.2) is 4.79 Å². The van der Waals surface area contributed by atoms with Gasteiger partial charge in [0.25, 0.3) is 5.91 Å². The van der Waals surface area contributed by atoms with Crippen molar-refractivity contribution in [3.8, 4) is 5.75 Å². The van der Waals surface area contributed by atoms with Crippen molar-refractivity contribution in [3.63, 3.8) is 0 Å². The number of amides is 1. The van der Waals surface area contributed by atoms with Gasteiger partial charge in [0, 0.05) is 25.3 Å². The van der Waals surface area contributed by atoms with Gasteiger partial charge in [-0.2, -0.15) is 0 Å².